The van der Waals surface area contributed by atoms with Crippen LogP contribution >= 0.6 is 0 Å². The lowest BCUT2D eigenvalue weighted by atomic mass is 10.1. The number of nitrogens with zero attached hydrogens (tertiary/aromatic N) is 5. The number of amides is 1. The van der Waals surface area contributed by atoms with Gasteiger partial charge in [0.15, 0.2) is 17.1 Å². The van der Waals surface area contributed by atoms with Crippen molar-refractivity contribution in [2.45, 2.75) is 6.54 Å². The predicted octanol–water partition coefficient (Wildman–Crippen LogP) is 2.05. The molecule has 0 aliphatic rings. The van der Waals surface area contributed by atoms with Gasteiger partial charge in [-0.25, -0.2) is 9.78 Å². The molecule has 0 bridgehead atoms. The molecule has 29 heavy (non-hydrogen) atoms. The van der Waals surface area contributed by atoms with Gasteiger partial charge in [0.05, 0.1) is 19.9 Å². The van der Waals surface area contributed by atoms with Gasteiger partial charge in [-0.15, -0.1) is 0 Å². The van der Waals surface area contributed by atoms with Gasteiger partial charge >= 0.3 is 12.1 Å². The van der Waals surface area contributed by atoms with Crippen LogP contribution in [-0.4, -0.2) is 42.6 Å². The molecule has 4 rings (SSSR count). The van der Waals surface area contributed by atoms with E-state index in [1.807, 2.05) is 19.3 Å². The zero-order chi connectivity index (χ0) is 20.5. The van der Waals surface area contributed by atoms with E-state index in [1.54, 1.807) is 33.8 Å². The number of fused-ring (bicyclic) bond motifs is 1. The highest BCUT2D eigenvalue weighted by atomic mass is 16.6. The zero-order valence-corrected chi connectivity index (χ0v) is 15.7. The van der Waals surface area contributed by atoms with Crippen molar-refractivity contribution in [3.8, 4) is 28.6 Å². The highest BCUT2D eigenvalue weighted by molar-refractivity contribution is 5.80. The van der Waals surface area contributed by atoms with Gasteiger partial charge in [0.1, 0.15) is 5.52 Å². The molecule has 0 aliphatic carbocycles. The van der Waals surface area contributed by atoms with Crippen LogP contribution in [0.3, 0.4) is 0 Å². The molecule has 3 aromatic heterocycles. The first kappa shape index (κ1) is 18.3. The van der Waals surface area contributed by atoms with Crippen LogP contribution in [0.25, 0.3) is 22.3 Å². The van der Waals surface area contributed by atoms with Crippen molar-refractivity contribution in [2.75, 3.05) is 7.11 Å². The van der Waals surface area contributed by atoms with Gasteiger partial charge in [0, 0.05) is 30.6 Å². The molecule has 10 heteroatoms. The standard InChI is InChI=1S/C19H18N6O4/c1-24-10-13(8-22-24)12-6-14-17(21-7-12)25(19(23-14)29-18(20)27)9-11-3-4-15(26)16(5-11)28-2/h3-8,10,26H,9H2,1-2H3,(H2,20,27). The summed E-state index contributed by atoms with van der Waals surface area (Å²) in [5.74, 6) is 0.357. The molecular formula is C19H18N6O4. The Morgan fingerprint density at radius 1 is 1.24 bits per heavy atom. The van der Waals surface area contributed by atoms with Crippen LogP contribution in [0.2, 0.25) is 0 Å². The Balaban J connectivity index is 1.79. The third-order valence-corrected chi connectivity index (χ3v) is 4.36. The minimum Gasteiger partial charge on any atom is -0.504 e. The molecule has 0 atom stereocenters. The van der Waals surface area contributed by atoms with Crippen molar-refractivity contribution in [1.29, 1.82) is 0 Å². The van der Waals surface area contributed by atoms with Crippen LogP contribution in [0.15, 0.2) is 42.9 Å². The number of pyridine rings is 1. The molecule has 1 aromatic carbocycles. The van der Waals surface area contributed by atoms with Crippen LogP contribution in [0.5, 0.6) is 17.5 Å². The Morgan fingerprint density at radius 2 is 2.07 bits per heavy atom. The lowest BCUT2D eigenvalue weighted by Crippen LogP contribution is -2.19. The van der Waals surface area contributed by atoms with Gasteiger partial charge < -0.3 is 20.3 Å². The topological polar surface area (TPSA) is 130 Å². The number of ether oxygens (including phenoxy) is 2. The first-order valence-corrected chi connectivity index (χ1v) is 8.63. The molecule has 0 saturated carbocycles. The van der Waals surface area contributed by atoms with E-state index in [4.69, 9.17) is 15.2 Å². The van der Waals surface area contributed by atoms with Crippen molar-refractivity contribution in [3.05, 3.63) is 48.4 Å². The average molecular weight is 394 g/mol. The van der Waals surface area contributed by atoms with Crippen LogP contribution in [0, 0.1) is 0 Å². The summed E-state index contributed by atoms with van der Waals surface area (Å²) < 4.78 is 13.6. The maximum Gasteiger partial charge on any atom is 0.412 e. The summed E-state index contributed by atoms with van der Waals surface area (Å²) in [5.41, 5.74) is 8.75. The summed E-state index contributed by atoms with van der Waals surface area (Å²) in [5, 5.41) is 14.0. The Hall–Kier alpha value is -4.08. The fourth-order valence-corrected chi connectivity index (χ4v) is 3.03. The highest BCUT2D eigenvalue weighted by Crippen LogP contribution is 2.29. The smallest absolute Gasteiger partial charge is 0.412 e. The number of hydrogen-bond acceptors (Lipinski definition) is 7. The van der Waals surface area contributed by atoms with Crippen molar-refractivity contribution in [3.63, 3.8) is 0 Å². The number of primary amides is 1. The van der Waals surface area contributed by atoms with Crippen LogP contribution < -0.4 is 15.2 Å². The number of phenolic OH excluding ortho intramolecular Hbond substituents is 1. The second kappa shape index (κ2) is 7.15. The van der Waals surface area contributed by atoms with Gasteiger partial charge in [-0.05, 0) is 23.8 Å². The normalized spacial score (nSPS) is 11.0. The number of aromatic hydroxyl groups is 1. The lowest BCUT2D eigenvalue weighted by molar-refractivity contribution is 0.205. The quantitative estimate of drug-likeness (QED) is 0.530. The van der Waals surface area contributed by atoms with Gasteiger partial charge in [-0.1, -0.05) is 6.07 Å². The van der Waals surface area contributed by atoms with Crippen LogP contribution in [-0.2, 0) is 13.6 Å². The summed E-state index contributed by atoms with van der Waals surface area (Å²) in [6, 6.07) is 6.79. The summed E-state index contributed by atoms with van der Waals surface area (Å²) in [6.07, 6.45) is 4.31. The van der Waals surface area contributed by atoms with E-state index in [2.05, 4.69) is 15.1 Å². The number of carbonyl (C=O) groups is 1. The van der Waals surface area contributed by atoms with Crippen molar-refractivity contribution >= 4 is 17.3 Å². The Labute approximate surface area is 165 Å². The number of benzene rings is 1. The molecule has 0 saturated heterocycles. The second-order valence-corrected chi connectivity index (χ2v) is 6.38. The number of rotatable bonds is 5. The second-order valence-electron chi connectivity index (χ2n) is 6.38. The van der Waals surface area contributed by atoms with Crippen molar-refractivity contribution < 1.29 is 19.4 Å². The third kappa shape index (κ3) is 3.55. The summed E-state index contributed by atoms with van der Waals surface area (Å²) in [7, 11) is 3.30. The van der Waals surface area contributed by atoms with E-state index >= 15 is 0 Å². The lowest BCUT2D eigenvalue weighted by Gasteiger charge is -2.10. The zero-order valence-electron chi connectivity index (χ0n) is 15.7. The van der Waals surface area contributed by atoms with E-state index in [0.717, 1.165) is 16.7 Å². The molecule has 0 unspecified atom stereocenters. The summed E-state index contributed by atoms with van der Waals surface area (Å²) in [6.45, 7) is 0.273. The third-order valence-electron chi connectivity index (χ3n) is 4.36. The first-order valence-electron chi connectivity index (χ1n) is 8.63. The van der Waals surface area contributed by atoms with Gasteiger partial charge in [0.2, 0.25) is 0 Å². The molecule has 148 valence electrons. The molecule has 0 fully saturated rings. The number of carbonyl (C=O) groups excluding carboxylic acids is 1. The van der Waals surface area contributed by atoms with Crippen molar-refractivity contribution in [1.82, 2.24) is 24.3 Å². The molecule has 3 heterocycles. The number of nitrogens with two attached hydrogens (primary N) is 1. The van der Waals surface area contributed by atoms with Gasteiger partial charge in [-0.3, -0.25) is 9.25 Å². The van der Waals surface area contributed by atoms with Crippen LogP contribution in [0.4, 0.5) is 4.79 Å². The fraction of sp³-hybridized carbons (Fsp3) is 0.158. The van der Waals surface area contributed by atoms with E-state index in [1.165, 1.54) is 13.2 Å². The first-order chi connectivity index (χ1) is 13.9. The van der Waals surface area contributed by atoms with Crippen molar-refractivity contribution in [2.24, 2.45) is 12.8 Å². The van der Waals surface area contributed by atoms with Gasteiger partial charge in [-0.2, -0.15) is 10.1 Å². The molecule has 0 radical (unpaired) electrons. The van der Waals surface area contributed by atoms with E-state index in [-0.39, 0.29) is 18.3 Å². The summed E-state index contributed by atoms with van der Waals surface area (Å²) >= 11 is 0. The molecule has 4 aromatic rings. The molecule has 0 aliphatic heterocycles. The van der Waals surface area contributed by atoms with E-state index in [0.29, 0.717) is 16.9 Å². The van der Waals surface area contributed by atoms with E-state index in [9.17, 15) is 9.90 Å². The predicted molar refractivity (Wildman–Crippen MR) is 104 cm³/mol. The molecule has 3 N–H and O–H groups in total. The monoisotopic (exact) mass is 394 g/mol. The number of methoxy groups -OCH3 is 1. The van der Waals surface area contributed by atoms with Gasteiger partial charge in [0.25, 0.3) is 0 Å². The number of hydrogen-bond donors (Lipinski definition) is 2. The fourth-order valence-electron chi connectivity index (χ4n) is 3.03. The van der Waals surface area contributed by atoms with E-state index < -0.39 is 6.09 Å². The SMILES string of the molecule is COc1cc(Cn2c(OC(N)=O)nc3cc(-c4cnn(C)c4)cnc32)ccc1O. The molecule has 1 amide bonds. The molecule has 0 spiro atoms. The number of phenols is 1. The summed E-state index contributed by atoms with van der Waals surface area (Å²) in [4.78, 5) is 20.2. The maximum atomic E-state index is 11.3. The Bertz CT molecular complexity index is 1210. The molecular weight excluding hydrogens is 376 g/mol. The Kier molecular flexibility index (Phi) is 4.51. The average Bonchev–Trinajstić information content (AvgIpc) is 3.26. The number of imidazole rings is 1. The minimum absolute atomic E-state index is 0.0235. The maximum absolute atomic E-state index is 11.3. The van der Waals surface area contributed by atoms with Crippen LogP contribution in [0.1, 0.15) is 5.56 Å². The Morgan fingerprint density at radius 3 is 2.76 bits per heavy atom. The largest absolute Gasteiger partial charge is 0.504 e. The molecule has 10 nitrogen and oxygen atoms in total. The number of aryl methyl sites for hydroxylation is 1. The number of aromatic nitrogens is 5. The minimum atomic E-state index is -0.975. The highest BCUT2D eigenvalue weighted by Gasteiger charge is 2.17.